The Morgan fingerprint density at radius 1 is 1.11 bits per heavy atom. The van der Waals surface area contributed by atoms with Crippen LogP contribution in [0.15, 0.2) is 51.8 Å². The Bertz CT molecular complexity index is 699. The van der Waals surface area contributed by atoms with Crippen molar-refractivity contribution in [2.75, 3.05) is 5.73 Å². The maximum absolute atomic E-state index is 12.2. The number of anilines is 1. The molecule has 0 aliphatic heterocycles. The van der Waals surface area contributed by atoms with Gasteiger partial charge in [0.15, 0.2) is 9.84 Å². The van der Waals surface area contributed by atoms with Crippen LogP contribution < -0.4 is 5.73 Å². The molecular formula is C13H11BrClNO2S. The number of hydrogen-bond acceptors (Lipinski definition) is 3. The summed E-state index contributed by atoms with van der Waals surface area (Å²) in [6, 6.07) is 11.3. The summed E-state index contributed by atoms with van der Waals surface area (Å²) in [6.07, 6.45) is 0. The van der Waals surface area contributed by atoms with Gasteiger partial charge in [0.2, 0.25) is 0 Å². The van der Waals surface area contributed by atoms with Gasteiger partial charge in [0.05, 0.1) is 10.6 Å². The first kappa shape index (κ1) is 14.4. The Kier molecular flexibility index (Phi) is 4.18. The van der Waals surface area contributed by atoms with Crippen molar-refractivity contribution >= 4 is 43.1 Å². The van der Waals surface area contributed by atoms with E-state index in [1.54, 1.807) is 30.3 Å². The van der Waals surface area contributed by atoms with E-state index in [9.17, 15) is 8.42 Å². The van der Waals surface area contributed by atoms with Crippen LogP contribution in [0.1, 0.15) is 5.56 Å². The Morgan fingerprint density at radius 3 is 2.32 bits per heavy atom. The van der Waals surface area contributed by atoms with E-state index in [2.05, 4.69) is 15.9 Å². The Morgan fingerprint density at radius 2 is 1.74 bits per heavy atom. The lowest BCUT2D eigenvalue weighted by atomic mass is 10.2. The summed E-state index contributed by atoms with van der Waals surface area (Å²) >= 11 is 9.03. The smallest absolute Gasteiger partial charge is 0.182 e. The topological polar surface area (TPSA) is 60.2 Å². The Balaban J connectivity index is 2.33. The maximum Gasteiger partial charge on any atom is 0.182 e. The second-order valence-corrected chi connectivity index (χ2v) is 7.40. The Labute approximate surface area is 125 Å². The molecule has 0 atom stereocenters. The van der Waals surface area contributed by atoms with Gasteiger partial charge in [0.25, 0.3) is 0 Å². The number of nitrogen functional groups attached to an aromatic ring is 1. The second kappa shape index (κ2) is 5.53. The fourth-order valence-corrected chi connectivity index (χ4v) is 3.52. The quantitative estimate of drug-likeness (QED) is 0.850. The third kappa shape index (κ3) is 3.49. The maximum atomic E-state index is 12.2. The van der Waals surface area contributed by atoms with E-state index < -0.39 is 9.84 Å². The first-order chi connectivity index (χ1) is 8.88. The van der Waals surface area contributed by atoms with Crippen LogP contribution in [0.5, 0.6) is 0 Å². The molecule has 0 spiro atoms. The SMILES string of the molecule is Nc1cc(Br)ccc1CS(=O)(=O)c1ccc(Cl)cc1. The van der Waals surface area contributed by atoms with Crippen molar-refractivity contribution in [1.82, 2.24) is 0 Å². The van der Waals surface area contributed by atoms with Crippen molar-refractivity contribution < 1.29 is 8.42 Å². The molecule has 2 N–H and O–H groups in total. The highest BCUT2D eigenvalue weighted by molar-refractivity contribution is 9.10. The summed E-state index contributed by atoms with van der Waals surface area (Å²) in [5.74, 6) is -0.131. The summed E-state index contributed by atoms with van der Waals surface area (Å²) < 4.78 is 25.3. The van der Waals surface area contributed by atoms with Crippen LogP contribution in [0.25, 0.3) is 0 Å². The van der Waals surface area contributed by atoms with Gasteiger partial charge in [-0.1, -0.05) is 33.6 Å². The van der Waals surface area contributed by atoms with Gasteiger partial charge in [-0.2, -0.15) is 0 Å². The van der Waals surface area contributed by atoms with Crippen LogP contribution in [0, 0.1) is 0 Å². The molecular weight excluding hydrogens is 350 g/mol. The zero-order valence-corrected chi connectivity index (χ0v) is 13.0. The minimum atomic E-state index is -3.42. The van der Waals surface area contributed by atoms with Crippen LogP contribution >= 0.6 is 27.5 Å². The molecule has 3 nitrogen and oxygen atoms in total. The van der Waals surface area contributed by atoms with Gasteiger partial charge in [0, 0.05) is 15.2 Å². The van der Waals surface area contributed by atoms with Gasteiger partial charge in [-0.15, -0.1) is 0 Å². The number of rotatable bonds is 3. The summed E-state index contributed by atoms with van der Waals surface area (Å²) in [5, 5.41) is 0.502. The van der Waals surface area contributed by atoms with Crippen molar-refractivity contribution in [2.24, 2.45) is 0 Å². The molecule has 0 aliphatic rings. The zero-order valence-electron chi connectivity index (χ0n) is 9.81. The molecule has 19 heavy (non-hydrogen) atoms. The second-order valence-electron chi connectivity index (χ2n) is 4.06. The predicted octanol–water partition coefficient (Wildman–Crippen LogP) is 3.66. The molecule has 2 rings (SSSR count). The molecule has 0 heterocycles. The molecule has 0 amide bonds. The Hall–Kier alpha value is -1.04. The third-order valence-corrected chi connectivity index (χ3v) is 5.05. The molecule has 0 saturated carbocycles. The molecule has 2 aromatic carbocycles. The molecule has 2 aromatic rings. The van der Waals surface area contributed by atoms with Crippen molar-refractivity contribution in [3.63, 3.8) is 0 Å². The molecule has 0 aliphatic carbocycles. The predicted molar refractivity (Wildman–Crippen MR) is 80.9 cm³/mol. The molecule has 0 radical (unpaired) electrons. The van der Waals surface area contributed by atoms with Crippen LogP contribution in [0.3, 0.4) is 0 Å². The number of hydrogen-bond donors (Lipinski definition) is 1. The normalized spacial score (nSPS) is 11.5. The van der Waals surface area contributed by atoms with Crippen molar-refractivity contribution in [3.05, 3.63) is 57.5 Å². The average Bonchev–Trinajstić information content (AvgIpc) is 2.33. The van der Waals surface area contributed by atoms with E-state index in [1.807, 2.05) is 0 Å². The fourth-order valence-electron chi connectivity index (χ4n) is 1.63. The lowest BCUT2D eigenvalue weighted by molar-refractivity contribution is 0.595. The molecule has 0 unspecified atom stereocenters. The number of halogens is 2. The van der Waals surface area contributed by atoms with Gasteiger partial charge < -0.3 is 5.73 Å². The molecule has 6 heteroatoms. The van der Waals surface area contributed by atoms with Crippen molar-refractivity contribution in [2.45, 2.75) is 10.6 Å². The van der Waals surface area contributed by atoms with E-state index in [1.165, 1.54) is 12.1 Å². The number of sulfone groups is 1. The molecule has 0 bridgehead atoms. The van der Waals surface area contributed by atoms with E-state index >= 15 is 0 Å². The standard InChI is InChI=1S/C13H11BrClNO2S/c14-10-2-1-9(13(16)7-10)8-19(17,18)12-5-3-11(15)4-6-12/h1-7H,8,16H2. The van der Waals surface area contributed by atoms with Crippen LogP contribution in [-0.2, 0) is 15.6 Å². The number of benzene rings is 2. The van der Waals surface area contributed by atoms with Crippen LogP contribution in [0.4, 0.5) is 5.69 Å². The monoisotopic (exact) mass is 359 g/mol. The van der Waals surface area contributed by atoms with Crippen molar-refractivity contribution in [1.29, 1.82) is 0 Å². The lowest BCUT2D eigenvalue weighted by Gasteiger charge is -2.08. The first-order valence-corrected chi connectivity index (χ1v) is 8.23. The van der Waals surface area contributed by atoms with E-state index in [0.29, 0.717) is 16.3 Å². The van der Waals surface area contributed by atoms with E-state index in [-0.39, 0.29) is 10.6 Å². The highest BCUT2D eigenvalue weighted by atomic mass is 79.9. The largest absolute Gasteiger partial charge is 0.398 e. The molecule has 0 fully saturated rings. The van der Waals surface area contributed by atoms with Gasteiger partial charge in [-0.25, -0.2) is 8.42 Å². The average molecular weight is 361 g/mol. The van der Waals surface area contributed by atoms with Crippen molar-refractivity contribution in [3.8, 4) is 0 Å². The summed E-state index contributed by atoms with van der Waals surface area (Å²) in [7, 11) is -3.42. The lowest BCUT2D eigenvalue weighted by Crippen LogP contribution is -2.07. The van der Waals surface area contributed by atoms with Gasteiger partial charge in [-0.3, -0.25) is 0 Å². The van der Waals surface area contributed by atoms with E-state index in [4.69, 9.17) is 17.3 Å². The van der Waals surface area contributed by atoms with Gasteiger partial charge in [0.1, 0.15) is 0 Å². The number of nitrogens with two attached hydrogens (primary N) is 1. The third-order valence-electron chi connectivity index (χ3n) is 2.63. The fraction of sp³-hybridized carbons (Fsp3) is 0.0769. The summed E-state index contributed by atoms with van der Waals surface area (Å²) in [5.41, 5.74) is 6.85. The molecule has 100 valence electrons. The van der Waals surface area contributed by atoms with Gasteiger partial charge in [-0.05, 0) is 42.0 Å². The highest BCUT2D eigenvalue weighted by Crippen LogP contribution is 2.24. The highest BCUT2D eigenvalue weighted by Gasteiger charge is 2.16. The molecule has 0 aromatic heterocycles. The summed E-state index contributed by atoms with van der Waals surface area (Å²) in [4.78, 5) is 0.235. The summed E-state index contributed by atoms with van der Waals surface area (Å²) in [6.45, 7) is 0. The minimum absolute atomic E-state index is 0.131. The van der Waals surface area contributed by atoms with E-state index in [0.717, 1.165) is 4.47 Å². The zero-order chi connectivity index (χ0) is 14.0. The first-order valence-electron chi connectivity index (χ1n) is 5.41. The molecule has 0 saturated heterocycles. The van der Waals surface area contributed by atoms with Crippen LogP contribution in [0.2, 0.25) is 5.02 Å². The minimum Gasteiger partial charge on any atom is -0.398 e. The van der Waals surface area contributed by atoms with Crippen LogP contribution in [-0.4, -0.2) is 8.42 Å². The van der Waals surface area contributed by atoms with Gasteiger partial charge >= 0.3 is 0 Å².